The Bertz CT molecular complexity index is 481. The van der Waals surface area contributed by atoms with Gasteiger partial charge < -0.3 is 20.7 Å². The first-order valence-electron chi connectivity index (χ1n) is 7.44. The van der Waals surface area contributed by atoms with Gasteiger partial charge in [-0.3, -0.25) is 4.79 Å². The van der Waals surface area contributed by atoms with Gasteiger partial charge in [-0.1, -0.05) is 11.3 Å². The van der Waals surface area contributed by atoms with Crippen molar-refractivity contribution in [2.24, 2.45) is 0 Å². The number of nitrogens with one attached hydrogen (secondary N) is 1. The van der Waals surface area contributed by atoms with Crippen molar-refractivity contribution in [3.8, 4) is 0 Å². The maximum Gasteiger partial charge on any atom is 0.251 e. The van der Waals surface area contributed by atoms with Gasteiger partial charge in [-0.05, 0) is 25.7 Å². The summed E-state index contributed by atoms with van der Waals surface area (Å²) in [7, 11) is 0. The third-order valence-electron chi connectivity index (χ3n) is 4.04. The molecule has 21 heavy (non-hydrogen) atoms. The highest BCUT2D eigenvalue weighted by Crippen LogP contribution is 2.19. The maximum absolute atomic E-state index is 12.2. The summed E-state index contributed by atoms with van der Waals surface area (Å²) in [6.45, 7) is 3.02. The average Bonchev–Trinajstić information content (AvgIpc) is 3.16. The lowest BCUT2D eigenvalue weighted by Crippen LogP contribution is -2.47. The van der Waals surface area contributed by atoms with Crippen molar-refractivity contribution < 1.29 is 9.53 Å². The highest BCUT2D eigenvalue weighted by Gasteiger charge is 2.30. The van der Waals surface area contributed by atoms with E-state index in [9.17, 15) is 4.79 Å². The topological polar surface area (TPSA) is 93.4 Å². The molecule has 0 bridgehead atoms. The fourth-order valence-electron chi connectivity index (χ4n) is 2.85. The van der Waals surface area contributed by atoms with E-state index in [1.807, 2.05) is 4.90 Å². The number of likely N-dealkylation sites (tertiary alicyclic amines) is 1. The monoisotopic (exact) mass is 311 g/mol. The molecule has 8 heteroatoms. The number of carbonyl (C=O) groups is 1. The molecule has 0 aliphatic carbocycles. The first-order chi connectivity index (χ1) is 10.2. The summed E-state index contributed by atoms with van der Waals surface area (Å²) < 4.78 is 5.47. The van der Waals surface area contributed by atoms with Gasteiger partial charge in [-0.15, -0.1) is 10.2 Å². The van der Waals surface area contributed by atoms with Crippen molar-refractivity contribution in [1.29, 1.82) is 0 Å². The number of anilines is 1. The summed E-state index contributed by atoms with van der Waals surface area (Å²) in [5.41, 5.74) is 5.56. The Morgan fingerprint density at radius 2 is 2.19 bits per heavy atom. The maximum atomic E-state index is 12.2. The van der Waals surface area contributed by atoms with Crippen LogP contribution in [0.5, 0.6) is 0 Å². The number of hydrogen-bond donors (Lipinski definition) is 2. The van der Waals surface area contributed by atoms with Gasteiger partial charge in [0.2, 0.25) is 5.13 Å². The van der Waals surface area contributed by atoms with Crippen molar-refractivity contribution in [1.82, 2.24) is 20.4 Å². The van der Waals surface area contributed by atoms with E-state index in [1.165, 1.54) is 11.3 Å². The van der Waals surface area contributed by atoms with E-state index in [0.717, 1.165) is 50.4 Å². The molecular formula is C13H21N5O2S. The Morgan fingerprint density at radius 1 is 1.38 bits per heavy atom. The fourth-order valence-corrected chi connectivity index (χ4v) is 3.41. The second-order valence-corrected chi connectivity index (χ2v) is 6.61. The van der Waals surface area contributed by atoms with Gasteiger partial charge in [0, 0.05) is 25.7 Å². The van der Waals surface area contributed by atoms with Crippen LogP contribution in [0.2, 0.25) is 0 Å². The molecule has 3 heterocycles. The number of piperidine rings is 1. The van der Waals surface area contributed by atoms with Gasteiger partial charge in [0.25, 0.3) is 5.91 Å². The van der Waals surface area contributed by atoms with Gasteiger partial charge in [0.15, 0.2) is 0 Å². The smallest absolute Gasteiger partial charge is 0.251 e. The van der Waals surface area contributed by atoms with Crippen LogP contribution < -0.4 is 11.1 Å². The number of nitrogens with two attached hydrogens (primary N) is 1. The van der Waals surface area contributed by atoms with Crippen LogP contribution in [0.25, 0.3) is 0 Å². The first kappa shape index (κ1) is 14.7. The van der Waals surface area contributed by atoms with Gasteiger partial charge in [-0.25, -0.2) is 0 Å². The molecule has 3 rings (SSSR count). The van der Waals surface area contributed by atoms with E-state index in [1.54, 1.807) is 0 Å². The third-order valence-corrected chi connectivity index (χ3v) is 4.79. The van der Waals surface area contributed by atoms with Gasteiger partial charge >= 0.3 is 0 Å². The Morgan fingerprint density at radius 3 is 2.81 bits per heavy atom. The minimum atomic E-state index is -0.195. The molecular weight excluding hydrogens is 290 g/mol. The molecule has 1 aromatic heterocycles. The van der Waals surface area contributed by atoms with E-state index in [4.69, 9.17) is 10.5 Å². The molecule has 3 N–H and O–H groups in total. The third kappa shape index (κ3) is 3.69. The van der Waals surface area contributed by atoms with Crippen molar-refractivity contribution in [2.75, 3.05) is 25.4 Å². The van der Waals surface area contributed by atoms with Crippen LogP contribution in [0.3, 0.4) is 0 Å². The number of amides is 1. The summed E-state index contributed by atoms with van der Waals surface area (Å²) in [5, 5.41) is 12.7. The minimum absolute atomic E-state index is 0.169. The SMILES string of the molecule is Nc1nnc(CNC2CCN(C(=O)[C@@H]3CCCO3)CC2)s1. The minimum Gasteiger partial charge on any atom is -0.374 e. The largest absolute Gasteiger partial charge is 0.374 e. The number of nitrogens with zero attached hydrogens (tertiary/aromatic N) is 3. The molecule has 0 spiro atoms. The van der Waals surface area contributed by atoms with Crippen LogP contribution in [0.15, 0.2) is 0 Å². The molecule has 1 amide bonds. The van der Waals surface area contributed by atoms with Crippen LogP contribution in [0.1, 0.15) is 30.7 Å². The zero-order valence-electron chi connectivity index (χ0n) is 12.0. The van der Waals surface area contributed by atoms with Crippen LogP contribution in [-0.4, -0.2) is 52.8 Å². The van der Waals surface area contributed by atoms with Gasteiger partial charge in [0.1, 0.15) is 11.1 Å². The summed E-state index contributed by atoms with van der Waals surface area (Å²) in [4.78, 5) is 14.2. The van der Waals surface area contributed by atoms with E-state index >= 15 is 0 Å². The molecule has 0 aromatic carbocycles. The molecule has 7 nitrogen and oxygen atoms in total. The highest BCUT2D eigenvalue weighted by molar-refractivity contribution is 7.15. The van der Waals surface area contributed by atoms with E-state index in [0.29, 0.717) is 17.7 Å². The molecule has 2 fully saturated rings. The second-order valence-electron chi connectivity index (χ2n) is 5.52. The van der Waals surface area contributed by atoms with E-state index in [2.05, 4.69) is 15.5 Å². The van der Waals surface area contributed by atoms with Crippen molar-refractivity contribution in [2.45, 2.75) is 44.4 Å². The number of carbonyl (C=O) groups excluding carboxylic acids is 1. The van der Waals surface area contributed by atoms with E-state index < -0.39 is 0 Å². The first-order valence-corrected chi connectivity index (χ1v) is 8.25. The second kappa shape index (κ2) is 6.67. The lowest BCUT2D eigenvalue weighted by atomic mass is 10.0. The van der Waals surface area contributed by atoms with Gasteiger partial charge in [-0.2, -0.15) is 0 Å². The van der Waals surface area contributed by atoms with Crippen LogP contribution in [-0.2, 0) is 16.1 Å². The molecule has 116 valence electrons. The summed E-state index contributed by atoms with van der Waals surface area (Å²) in [6.07, 6.45) is 3.60. The summed E-state index contributed by atoms with van der Waals surface area (Å²) >= 11 is 1.41. The Hall–Kier alpha value is -1.25. The quantitative estimate of drug-likeness (QED) is 0.835. The summed E-state index contributed by atoms with van der Waals surface area (Å²) in [5.74, 6) is 0.169. The predicted molar refractivity (Wildman–Crippen MR) is 79.7 cm³/mol. The Labute approximate surface area is 127 Å². The predicted octanol–water partition coefficient (Wildman–Crippen LogP) is 0.380. The zero-order chi connectivity index (χ0) is 14.7. The molecule has 2 aliphatic rings. The molecule has 1 aromatic rings. The average molecular weight is 311 g/mol. The Kier molecular flexibility index (Phi) is 4.67. The number of nitrogen functional groups attached to an aromatic ring is 1. The number of hydrogen-bond acceptors (Lipinski definition) is 7. The lowest BCUT2D eigenvalue weighted by Gasteiger charge is -2.33. The number of aromatic nitrogens is 2. The summed E-state index contributed by atoms with van der Waals surface area (Å²) in [6, 6.07) is 0.420. The van der Waals surface area contributed by atoms with Crippen molar-refractivity contribution in [3.05, 3.63) is 5.01 Å². The fraction of sp³-hybridized carbons (Fsp3) is 0.769. The standard InChI is InChI=1S/C13H21N5O2S/c14-13-17-16-11(21-13)8-15-9-3-5-18(6-4-9)12(19)10-2-1-7-20-10/h9-10,15H,1-8H2,(H2,14,17)/t10-/m0/s1. The number of ether oxygens (including phenoxy) is 1. The van der Waals surface area contributed by atoms with Crippen LogP contribution >= 0.6 is 11.3 Å². The molecule has 1 atom stereocenters. The van der Waals surface area contributed by atoms with Gasteiger partial charge in [0.05, 0.1) is 6.54 Å². The highest BCUT2D eigenvalue weighted by atomic mass is 32.1. The Balaban J connectivity index is 1.41. The lowest BCUT2D eigenvalue weighted by molar-refractivity contribution is -0.142. The normalized spacial score (nSPS) is 23.6. The molecule has 0 unspecified atom stereocenters. The molecule has 2 aliphatic heterocycles. The molecule has 2 saturated heterocycles. The van der Waals surface area contributed by atoms with E-state index in [-0.39, 0.29) is 12.0 Å². The zero-order valence-corrected chi connectivity index (χ0v) is 12.8. The molecule has 0 radical (unpaired) electrons. The van der Waals surface area contributed by atoms with Crippen LogP contribution in [0.4, 0.5) is 5.13 Å². The molecule has 0 saturated carbocycles. The van der Waals surface area contributed by atoms with Crippen molar-refractivity contribution >= 4 is 22.4 Å². The van der Waals surface area contributed by atoms with Crippen molar-refractivity contribution in [3.63, 3.8) is 0 Å². The van der Waals surface area contributed by atoms with Crippen LogP contribution in [0, 0.1) is 0 Å². The number of rotatable bonds is 4.